The second kappa shape index (κ2) is 5.00. The van der Waals surface area contributed by atoms with Gasteiger partial charge in [-0.1, -0.05) is 19.6 Å². The number of rotatable bonds is 2. The molecule has 0 aromatic heterocycles. The van der Waals surface area contributed by atoms with Crippen LogP contribution in [0.3, 0.4) is 0 Å². The monoisotopic (exact) mass is 336 g/mol. The molecule has 100 valence electrons. The topological polar surface area (TPSA) is 18.5 Å². The molecular formula is C12H15BrF2O2Si. The van der Waals surface area contributed by atoms with Crippen molar-refractivity contribution in [2.24, 2.45) is 0 Å². The van der Waals surface area contributed by atoms with Crippen LogP contribution in [-0.4, -0.2) is 21.3 Å². The number of benzene rings is 1. The predicted molar refractivity (Wildman–Crippen MR) is 71.7 cm³/mol. The molecule has 1 aromatic rings. The number of hydrogen-bond donors (Lipinski definition) is 0. The van der Waals surface area contributed by atoms with Crippen LogP contribution in [0.4, 0.5) is 8.78 Å². The summed E-state index contributed by atoms with van der Waals surface area (Å²) in [6, 6.07) is 1.57. The van der Waals surface area contributed by atoms with Crippen molar-refractivity contribution < 1.29 is 18.3 Å². The van der Waals surface area contributed by atoms with Gasteiger partial charge in [-0.25, -0.2) is 8.78 Å². The van der Waals surface area contributed by atoms with Crippen molar-refractivity contribution in [3.8, 4) is 0 Å². The zero-order valence-electron chi connectivity index (χ0n) is 10.5. The fraction of sp³-hybridized carbons (Fsp3) is 0.500. The minimum absolute atomic E-state index is 0.108. The Morgan fingerprint density at radius 2 is 1.72 bits per heavy atom. The van der Waals surface area contributed by atoms with Crippen molar-refractivity contribution in [2.45, 2.75) is 25.9 Å². The van der Waals surface area contributed by atoms with E-state index < -0.39 is 26.0 Å². The summed E-state index contributed by atoms with van der Waals surface area (Å²) in [5.74, 6) is -1.62. The van der Waals surface area contributed by atoms with Crippen LogP contribution >= 0.6 is 15.9 Å². The summed E-state index contributed by atoms with van der Waals surface area (Å²) in [7, 11) is -2.04. The molecule has 1 saturated heterocycles. The molecule has 0 spiro atoms. The van der Waals surface area contributed by atoms with Gasteiger partial charge in [0.05, 0.1) is 25.8 Å². The molecule has 18 heavy (non-hydrogen) atoms. The first kappa shape index (κ1) is 14.1. The largest absolute Gasteiger partial charge is 0.346 e. The zero-order valence-corrected chi connectivity index (χ0v) is 13.1. The highest BCUT2D eigenvalue weighted by molar-refractivity contribution is 9.10. The third-order valence-electron chi connectivity index (χ3n) is 2.82. The fourth-order valence-corrected chi connectivity index (χ4v) is 4.34. The number of halogens is 3. The maximum atomic E-state index is 14.2. The molecule has 0 saturated carbocycles. The second-order valence-electron chi connectivity index (χ2n) is 5.27. The molecule has 0 amide bonds. The lowest BCUT2D eigenvalue weighted by Crippen LogP contribution is -2.44. The van der Waals surface area contributed by atoms with Gasteiger partial charge < -0.3 is 9.47 Å². The molecule has 0 unspecified atom stereocenters. The predicted octanol–water partition coefficient (Wildman–Crippen LogP) is 3.32. The van der Waals surface area contributed by atoms with E-state index in [1.807, 2.05) is 19.6 Å². The van der Waals surface area contributed by atoms with Crippen LogP contribution in [-0.2, 0) is 9.47 Å². The van der Waals surface area contributed by atoms with Crippen molar-refractivity contribution >= 4 is 29.2 Å². The third kappa shape index (κ3) is 2.52. The summed E-state index contributed by atoms with van der Waals surface area (Å²) in [4.78, 5) is 0. The van der Waals surface area contributed by atoms with Crippen LogP contribution in [0.25, 0.3) is 0 Å². The van der Waals surface area contributed by atoms with E-state index in [2.05, 4.69) is 15.9 Å². The van der Waals surface area contributed by atoms with Gasteiger partial charge in [-0.2, -0.15) is 0 Å². The lowest BCUT2D eigenvalue weighted by molar-refractivity contribution is -0.0436. The lowest BCUT2D eigenvalue weighted by Gasteiger charge is -2.24. The molecular weight excluding hydrogens is 322 g/mol. The van der Waals surface area contributed by atoms with Gasteiger partial charge >= 0.3 is 0 Å². The summed E-state index contributed by atoms with van der Waals surface area (Å²) in [5, 5.41) is 0.440. The van der Waals surface area contributed by atoms with Crippen molar-refractivity contribution in [3.63, 3.8) is 0 Å². The Kier molecular flexibility index (Phi) is 3.92. The summed E-state index contributed by atoms with van der Waals surface area (Å²) in [6.07, 6.45) is -0.585. The van der Waals surface area contributed by atoms with Gasteiger partial charge in [0.15, 0.2) is 17.9 Å². The van der Waals surface area contributed by atoms with E-state index in [0.29, 0.717) is 24.0 Å². The molecule has 1 aliphatic heterocycles. The van der Waals surface area contributed by atoms with Crippen molar-refractivity contribution in [3.05, 3.63) is 27.7 Å². The fourth-order valence-electron chi connectivity index (χ4n) is 2.10. The van der Waals surface area contributed by atoms with Crippen molar-refractivity contribution in [2.75, 3.05) is 13.2 Å². The van der Waals surface area contributed by atoms with Crippen LogP contribution in [0.5, 0.6) is 0 Å². The van der Waals surface area contributed by atoms with Crippen LogP contribution in [0, 0.1) is 11.6 Å². The van der Waals surface area contributed by atoms with Gasteiger partial charge in [0, 0.05) is 5.56 Å². The van der Waals surface area contributed by atoms with Gasteiger partial charge in [0.1, 0.15) is 0 Å². The Morgan fingerprint density at radius 3 is 2.22 bits per heavy atom. The van der Waals surface area contributed by atoms with E-state index in [0.717, 1.165) is 0 Å². The quantitative estimate of drug-likeness (QED) is 0.609. The van der Waals surface area contributed by atoms with Crippen LogP contribution in [0.1, 0.15) is 11.9 Å². The smallest absolute Gasteiger partial charge is 0.184 e. The lowest BCUT2D eigenvalue weighted by atomic mass is 10.2. The Hall–Kier alpha value is -0.303. The minimum atomic E-state index is -2.04. The first-order valence-corrected chi connectivity index (χ1v) is 10.0. The molecule has 1 fully saturated rings. The van der Waals surface area contributed by atoms with E-state index in [1.165, 1.54) is 0 Å². The van der Waals surface area contributed by atoms with E-state index in [-0.39, 0.29) is 4.47 Å². The zero-order chi connectivity index (χ0) is 13.5. The van der Waals surface area contributed by atoms with E-state index in [1.54, 1.807) is 6.07 Å². The van der Waals surface area contributed by atoms with Crippen LogP contribution in [0.15, 0.2) is 10.5 Å². The van der Waals surface area contributed by atoms with Gasteiger partial charge in [-0.05, 0) is 27.2 Å². The van der Waals surface area contributed by atoms with Crippen molar-refractivity contribution in [1.29, 1.82) is 0 Å². The summed E-state index contributed by atoms with van der Waals surface area (Å²) in [5.41, 5.74) is 0.609. The maximum absolute atomic E-state index is 14.2. The Balaban J connectivity index is 2.63. The molecule has 2 rings (SSSR count). The summed E-state index contributed by atoms with van der Waals surface area (Å²) in [6.45, 7) is 6.87. The van der Waals surface area contributed by atoms with Gasteiger partial charge in [0.25, 0.3) is 0 Å². The minimum Gasteiger partial charge on any atom is -0.346 e. The molecule has 0 bridgehead atoms. The van der Waals surface area contributed by atoms with E-state index >= 15 is 0 Å². The highest BCUT2D eigenvalue weighted by Gasteiger charge is 2.33. The first-order valence-electron chi connectivity index (χ1n) is 5.73. The average molecular weight is 337 g/mol. The molecule has 0 atom stereocenters. The molecule has 2 nitrogen and oxygen atoms in total. The molecule has 0 N–H and O–H groups in total. The average Bonchev–Trinajstić information content (AvgIpc) is 2.76. The highest BCUT2D eigenvalue weighted by Crippen LogP contribution is 2.29. The SMILES string of the molecule is C[Si](C)(C)c1c(C2OCCO2)cc(Br)c(F)c1F. The second-order valence-corrected chi connectivity index (χ2v) is 11.1. The highest BCUT2D eigenvalue weighted by atomic mass is 79.9. The Bertz CT molecular complexity index is 468. The molecule has 1 heterocycles. The van der Waals surface area contributed by atoms with Gasteiger partial charge in [-0.15, -0.1) is 0 Å². The normalized spacial score (nSPS) is 17.4. The van der Waals surface area contributed by atoms with Gasteiger partial charge in [0.2, 0.25) is 0 Å². The number of hydrogen-bond acceptors (Lipinski definition) is 2. The van der Waals surface area contributed by atoms with E-state index in [4.69, 9.17) is 9.47 Å². The van der Waals surface area contributed by atoms with Crippen LogP contribution < -0.4 is 5.19 Å². The van der Waals surface area contributed by atoms with Gasteiger partial charge in [-0.3, -0.25) is 0 Å². The molecule has 0 aliphatic carbocycles. The number of ether oxygens (including phenoxy) is 2. The Morgan fingerprint density at radius 1 is 1.17 bits per heavy atom. The summed E-state index contributed by atoms with van der Waals surface area (Å²) < 4.78 is 38.8. The third-order valence-corrected chi connectivity index (χ3v) is 5.40. The maximum Gasteiger partial charge on any atom is 0.184 e. The molecule has 6 heteroatoms. The van der Waals surface area contributed by atoms with E-state index in [9.17, 15) is 8.78 Å². The van der Waals surface area contributed by atoms with Crippen molar-refractivity contribution in [1.82, 2.24) is 0 Å². The molecule has 1 aliphatic rings. The molecule has 1 aromatic carbocycles. The standard InChI is InChI=1S/C12H15BrF2O2Si/c1-18(2,3)11-7(12-16-4-5-17-12)6-8(13)9(14)10(11)15/h6,12H,4-5H2,1-3H3. The Labute approximate surface area is 114 Å². The van der Waals surface area contributed by atoms with Crippen LogP contribution in [0.2, 0.25) is 19.6 Å². The molecule has 0 radical (unpaired) electrons. The first-order chi connectivity index (χ1) is 8.32. The summed E-state index contributed by atoms with van der Waals surface area (Å²) >= 11 is 3.03.